The van der Waals surface area contributed by atoms with Gasteiger partial charge in [0, 0.05) is 0 Å². The zero-order chi connectivity index (χ0) is 13.5. The van der Waals surface area contributed by atoms with Gasteiger partial charge in [-0.3, -0.25) is 0 Å². The molecule has 19 heavy (non-hydrogen) atoms. The van der Waals surface area contributed by atoms with Gasteiger partial charge in [-0.2, -0.15) is 0 Å². The van der Waals surface area contributed by atoms with Crippen LogP contribution in [0.5, 0.6) is 0 Å². The Balaban J connectivity index is 2.14. The summed E-state index contributed by atoms with van der Waals surface area (Å²) in [5.74, 6) is -0.349. The normalized spacial score (nSPS) is 18.9. The molecule has 0 bridgehead atoms. The highest BCUT2D eigenvalue weighted by Crippen LogP contribution is 2.32. The Morgan fingerprint density at radius 2 is 1.42 bits per heavy atom. The smallest absolute Gasteiger partial charge is 0.335 e. The fourth-order valence-electron chi connectivity index (χ4n) is 3.17. The number of rotatable bonds is 2. The van der Waals surface area contributed by atoms with Gasteiger partial charge >= 0.3 is 5.97 Å². The highest BCUT2D eigenvalue weighted by Gasteiger charge is 2.18. The van der Waals surface area contributed by atoms with Crippen LogP contribution >= 0.6 is 0 Å². The van der Waals surface area contributed by atoms with Crippen molar-refractivity contribution < 1.29 is 9.90 Å². The SMILES string of the molecule is O=C(O)c1ccccc1C1CCCCCCCCC1. The van der Waals surface area contributed by atoms with Crippen LogP contribution in [0.15, 0.2) is 24.3 Å². The highest BCUT2D eigenvalue weighted by atomic mass is 16.4. The predicted octanol–water partition coefficient (Wildman–Crippen LogP) is 4.99. The molecular weight excluding hydrogens is 236 g/mol. The first kappa shape index (κ1) is 14.1. The third-order valence-electron chi connectivity index (χ3n) is 4.24. The minimum Gasteiger partial charge on any atom is -0.478 e. The number of carboxylic acid groups (broad SMARTS) is 1. The molecule has 0 atom stereocenters. The Hall–Kier alpha value is -1.31. The van der Waals surface area contributed by atoms with Gasteiger partial charge in [-0.25, -0.2) is 4.79 Å². The third kappa shape index (κ3) is 4.09. The zero-order valence-electron chi connectivity index (χ0n) is 11.6. The second kappa shape index (κ2) is 7.32. The van der Waals surface area contributed by atoms with Crippen LogP contribution in [0.2, 0.25) is 0 Å². The van der Waals surface area contributed by atoms with Gasteiger partial charge in [-0.15, -0.1) is 0 Å². The van der Waals surface area contributed by atoms with Crippen molar-refractivity contribution in [3.8, 4) is 0 Å². The van der Waals surface area contributed by atoms with Crippen LogP contribution < -0.4 is 0 Å². The van der Waals surface area contributed by atoms with E-state index < -0.39 is 5.97 Å². The highest BCUT2D eigenvalue weighted by molar-refractivity contribution is 5.89. The molecule has 2 heteroatoms. The van der Waals surface area contributed by atoms with E-state index in [2.05, 4.69) is 0 Å². The minimum atomic E-state index is -0.785. The van der Waals surface area contributed by atoms with Gasteiger partial charge in [0.2, 0.25) is 0 Å². The summed E-state index contributed by atoms with van der Waals surface area (Å²) in [6.45, 7) is 0. The molecule has 1 fully saturated rings. The van der Waals surface area contributed by atoms with Crippen molar-refractivity contribution in [2.45, 2.75) is 63.7 Å². The van der Waals surface area contributed by atoms with E-state index in [0.717, 1.165) is 18.4 Å². The van der Waals surface area contributed by atoms with Gasteiger partial charge in [0.1, 0.15) is 0 Å². The molecule has 1 N–H and O–H groups in total. The van der Waals surface area contributed by atoms with Gasteiger partial charge in [-0.1, -0.05) is 63.1 Å². The van der Waals surface area contributed by atoms with Crippen molar-refractivity contribution in [3.63, 3.8) is 0 Å². The Kier molecular flexibility index (Phi) is 5.44. The predicted molar refractivity (Wildman–Crippen MR) is 77.7 cm³/mol. The largest absolute Gasteiger partial charge is 0.478 e. The Morgan fingerprint density at radius 3 is 2.00 bits per heavy atom. The minimum absolute atomic E-state index is 0.436. The van der Waals surface area contributed by atoms with Crippen molar-refractivity contribution in [1.82, 2.24) is 0 Å². The topological polar surface area (TPSA) is 37.3 Å². The molecule has 1 saturated carbocycles. The van der Waals surface area contributed by atoms with E-state index in [9.17, 15) is 9.90 Å². The van der Waals surface area contributed by atoms with Gasteiger partial charge in [0.05, 0.1) is 5.56 Å². The average Bonchev–Trinajstić information content (AvgIpc) is 2.44. The van der Waals surface area contributed by atoms with E-state index in [1.165, 1.54) is 44.9 Å². The number of benzene rings is 1. The number of carboxylic acids is 1. The molecule has 1 aromatic rings. The lowest BCUT2D eigenvalue weighted by Crippen LogP contribution is -2.08. The Labute approximate surface area is 115 Å². The zero-order valence-corrected chi connectivity index (χ0v) is 11.6. The lowest BCUT2D eigenvalue weighted by atomic mass is 9.84. The molecule has 2 rings (SSSR count). The molecule has 0 amide bonds. The number of aromatic carboxylic acids is 1. The number of carbonyl (C=O) groups is 1. The molecule has 1 aromatic carbocycles. The van der Waals surface area contributed by atoms with Crippen LogP contribution in [0.3, 0.4) is 0 Å². The van der Waals surface area contributed by atoms with Gasteiger partial charge in [0.25, 0.3) is 0 Å². The molecule has 0 heterocycles. The summed E-state index contributed by atoms with van der Waals surface area (Å²) in [5.41, 5.74) is 1.56. The summed E-state index contributed by atoms with van der Waals surface area (Å²) in [6, 6.07) is 7.56. The van der Waals surface area contributed by atoms with E-state index in [0.29, 0.717) is 11.5 Å². The Morgan fingerprint density at radius 1 is 0.895 bits per heavy atom. The van der Waals surface area contributed by atoms with Gasteiger partial charge < -0.3 is 5.11 Å². The molecule has 0 saturated heterocycles. The standard InChI is InChI=1S/C17H24O2/c18-17(19)16-13-9-8-12-15(16)14-10-6-4-2-1-3-5-7-11-14/h8-9,12-14H,1-7,10-11H2,(H,18,19). The molecule has 0 aliphatic heterocycles. The molecule has 2 nitrogen and oxygen atoms in total. The summed E-state index contributed by atoms with van der Waals surface area (Å²) in [7, 11) is 0. The van der Waals surface area contributed by atoms with Crippen molar-refractivity contribution in [3.05, 3.63) is 35.4 Å². The average molecular weight is 260 g/mol. The fraction of sp³-hybridized carbons (Fsp3) is 0.588. The van der Waals surface area contributed by atoms with Crippen LogP contribution in [0.1, 0.15) is 79.6 Å². The van der Waals surface area contributed by atoms with E-state index in [1.54, 1.807) is 6.07 Å². The van der Waals surface area contributed by atoms with Crippen LogP contribution in [-0.2, 0) is 0 Å². The lowest BCUT2D eigenvalue weighted by Gasteiger charge is -2.20. The van der Waals surface area contributed by atoms with Gasteiger partial charge in [-0.05, 0) is 30.4 Å². The second-order valence-corrected chi connectivity index (χ2v) is 5.64. The van der Waals surface area contributed by atoms with Crippen LogP contribution in [0.25, 0.3) is 0 Å². The molecule has 104 valence electrons. The van der Waals surface area contributed by atoms with Crippen LogP contribution in [0, 0.1) is 0 Å². The third-order valence-corrected chi connectivity index (χ3v) is 4.24. The number of hydrogen-bond donors (Lipinski definition) is 1. The maximum atomic E-state index is 11.3. The molecule has 0 unspecified atom stereocenters. The van der Waals surface area contributed by atoms with Gasteiger partial charge in [0.15, 0.2) is 0 Å². The lowest BCUT2D eigenvalue weighted by molar-refractivity contribution is 0.0695. The first-order valence-electron chi connectivity index (χ1n) is 7.61. The fourth-order valence-corrected chi connectivity index (χ4v) is 3.17. The van der Waals surface area contributed by atoms with Crippen molar-refractivity contribution in [2.75, 3.05) is 0 Å². The molecule has 1 aliphatic rings. The molecule has 1 aliphatic carbocycles. The van der Waals surface area contributed by atoms with E-state index in [1.807, 2.05) is 18.2 Å². The second-order valence-electron chi connectivity index (χ2n) is 5.64. The summed E-state index contributed by atoms with van der Waals surface area (Å²) in [4.78, 5) is 11.3. The molecular formula is C17H24O2. The monoisotopic (exact) mass is 260 g/mol. The molecule has 0 aromatic heterocycles. The number of hydrogen-bond acceptors (Lipinski definition) is 1. The van der Waals surface area contributed by atoms with Crippen molar-refractivity contribution >= 4 is 5.97 Å². The first-order valence-corrected chi connectivity index (χ1v) is 7.61. The molecule has 0 spiro atoms. The van der Waals surface area contributed by atoms with Crippen LogP contribution in [0.4, 0.5) is 0 Å². The Bertz CT molecular complexity index is 401. The summed E-state index contributed by atoms with van der Waals surface area (Å²) in [5, 5.41) is 9.32. The van der Waals surface area contributed by atoms with E-state index in [4.69, 9.17) is 0 Å². The van der Waals surface area contributed by atoms with E-state index in [-0.39, 0.29) is 0 Å². The maximum Gasteiger partial charge on any atom is 0.335 e. The van der Waals surface area contributed by atoms with Crippen molar-refractivity contribution in [2.24, 2.45) is 0 Å². The van der Waals surface area contributed by atoms with E-state index >= 15 is 0 Å². The van der Waals surface area contributed by atoms with Crippen molar-refractivity contribution in [1.29, 1.82) is 0 Å². The summed E-state index contributed by atoms with van der Waals surface area (Å²) in [6.07, 6.45) is 11.4. The summed E-state index contributed by atoms with van der Waals surface area (Å²) >= 11 is 0. The van der Waals surface area contributed by atoms with Crippen LogP contribution in [-0.4, -0.2) is 11.1 Å². The quantitative estimate of drug-likeness (QED) is 0.813. The first-order chi connectivity index (χ1) is 9.29. The molecule has 0 radical (unpaired) electrons. The maximum absolute atomic E-state index is 11.3. The summed E-state index contributed by atoms with van der Waals surface area (Å²) < 4.78 is 0.